The van der Waals surface area contributed by atoms with Crippen molar-refractivity contribution in [2.24, 2.45) is 5.92 Å². The highest BCUT2D eigenvalue weighted by Gasteiger charge is 2.24. The van der Waals surface area contributed by atoms with Crippen LogP contribution in [0.25, 0.3) is 0 Å². The second kappa shape index (κ2) is 3.40. The van der Waals surface area contributed by atoms with E-state index >= 15 is 0 Å². The maximum atomic E-state index is 4.22. The number of aryl methyl sites for hydroxylation is 1. The summed E-state index contributed by atoms with van der Waals surface area (Å²) in [5, 5.41) is 7.70. The zero-order valence-corrected chi connectivity index (χ0v) is 8.33. The summed E-state index contributed by atoms with van der Waals surface area (Å²) in [5.41, 5.74) is 1.17. The summed E-state index contributed by atoms with van der Waals surface area (Å²) >= 11 is 0. The van der Waals surface area contributed by atoms with Gasteiger partial charge in [-0.1, -0.05) is 6.92 Å². The van der Waals surface area contributed by atoms with Gasteiger partial charge in [-0.25, -0.2) is 0 Å². The second-order valence-corrected chi connectivity index (χ2v) is 4.00. The average Bonchev–Trinajstić information content (AvgIpc) is 2.50. The standard InChI is InChI=1S/C10H17N3/c1-3-13-7-10(6-11-13)12-9-4-8(2)5-9/h6-9,12H,3-5H2,1-2H3. The first-order valence-electron chi connectivity index (χ1n) is 5.07. The minimum absolute atomic E-state index is 0.685. The van der Waals surface area contributed by atoms with Crippen molar-refractivity contribution in [3.8, 4) is 0 Å². The van der Waals surface area contributed by atoms with Crippen LogP contribution in [0.15, 0.2) is 12.4 Å². The van der Waals surface area contributed by atoms with Crippen molar-refractivity contribution in [3.05, 3.63) is 12.4 Å². The van der Waals surface area contributed by atoms with Gasteiger partial charge in [0, 0.05) is 18.8 Å². The van der Waals surface area contributed by atoms with Gasteiger partial charge >= 0.3 is 0 Å². The van der Waals surface area contributed by atoms with E-state index < -0.39 is 0 Å². The Morgan fingerprint density at radius 3 is 2.92 bits per heavy atom. The maximum Gasteiger partial charge on any atom is 0.0728 e. The third-order valence-electron chi connectivity index (χ3n) is 2.70. The van der Waals surface area contributed by atoms with Gasteiger partial charge in [0.2, 0.25) is 0 Å². The van der Waals surface area contributed by atoms with Crippen LogP contribution in [-0.4, -0.2) is 15.8 Å². The Kier molecular flexibility index (Phi) is 2.25. The highest BCUT2D eigenvalue weighted by molar-refractivity contribution is 5.39. The molecule has 2 rings (SSSR count). The fourth-order valence-electron chi connectivity index (χ4n) is 1.87. The van der Waals surface area contributed by atoms with Crippen molar-refractivity contribution in [1.82, 2.24) is 9.78 Å². The molecule has 1 heterocycles. The molecule has 0 radical (unpaired) electrons. The Morgan fingerprint density at radius 2 is 2.38 bits per heavy atom. The predicted molar refractivity (Wildman–Crippen MR) is 53.7 cm³/mol. The Hall–Kier alpha value is -0.990. The van der Waals surface area contributed by atoms with Gasteiger partial charge in [0.25, 0.3) is 0 Å². The van der Waals surface area contributed by atoms with Crippen molar-refractivity contribution >= 4 is 5.69 Å². The van der Waals surface area contributed by atoms with Gasteiger partial charge in [-0.3, -0.25) is 4.68 Å². The summed E-state index contributed by atoms with van der Waals surface area (Å²) < 4.78 is 1.95. The number of nitrogens with one attached hydrogen (secondary N) is 1. The van der Waals surface area contributed by atoms with Crippen LogP contribution in [0.5, 0.6) is 0 Å². The molecular weight excluding hydrogens is 162 g/mol. The highest BCUT2D eigenvalue weighted by Crippen LogP contribution is 2.29. The van der Waals surface area contributed by atoms with E-state index in [2.05, 4.69) is 30.5 Å². The van der Waals surface area contributed by atoms with Crippen molar-refractivity contribution in [2.45, 2.75) is 39.3 Å². The zero-order chi connectivity index (χ0) is 9.26. The lowest BCUT2D eigenvalue weighted by Gasteiger charge is -2.33. The third kappa shape index (κ3) is 1.85. The van der Waals surface area contributed by atoms with E-state index in [1.165, 1.54) is 18.5 Å². The van der Waals surface area contributed by atoms with Crippen LogP contribution in [0, 0.1) is 5.92 Å². The molecule has 1 aromatic rings. The molecule has 0 bridgehead atoms. The first-order valence-corrected chi connectivity index (χ1v) is 5.07. The molecular formula is C10H17N3. The minimum atomic E-state index is 0.685. The molecule has 0 atom stereocenters. The number of hydrogen-bond acceptors (Lipinski definition) is 2. The number of aromatic nitrogens is 2. The van der Waals surface area contributed by atoms with Crippen LogP contribution in [0.1, 0.15) is 26.7 Å². The van der Waals surface area contributed by atoms with Crippen LogP contribution in [0.3, 0.4) is 0 Å². The summed E-state index contributed by atoms with van der Waals surface area (Å²) in [4.78, 5) is 0. The Labute approximate surface area is 79.1 Å². The molecule has 0 aliphatic heterocycles. The molecule has 0 aromatic carbocycles. The van der Waals surface area contributed by atoms with Crippen LogP contribution < -0.4 is 5.32 Å². The van der Waals surface area contributed by atoms with Crippen LogP contribution in [0.4, 0.5) is 5.69 Å². The van der Waals surface area contributed by atoms with E-state index in [-0.39, 0.29) is 0 Å². The third-order valence-corrected chi connectivity index (χ3v) is 2.70. The molecule has 0 unspecified atom stereocenters. The van der Waals surface area contributed by atoms with Gasteiger partial charge in [0.15, 0.2) is 0 Å². The average molecular weight is 179 g/mol. The topological polar surface area (TPSA) is 29.9 Å². The van der Waals surface area contributed by atoms with Gasteiger partial charge < -0.3 is 5.32 Å². The molecule has 3 heteroatoms. The van der Waals surface area contributed by atoms with Gasteiger partial charge in [-0.05, 0) is 25.7 Å². The number of rotatable bonds is 3. The highest BCUT2D eigenvalue weighted by atomic mass is 15.3. The molecule has 13 heavy (non-hydrogen) atoms. The molecule has 1 N–H and O–H groups in total. The molecule has 1 aliphatic carbocycles. The monoisotopic (exact) mass is 179 g/mol. The van der Waals surface area contributed by atoms with E-state index in [9.17, 15) is 0 Å². The first kappa shape index (κ1) is 8.60. The van der Waals surface area contributed by atoms with E-state index in [1.54, 1.807) is 0 Å². The predicted octanol–water partition coefficient (Wildman–Crippen LogP) is 2.11. The maximum absolute atomic E-state index is 4.22. The molecule has 1 aromatic heterocycles. The number of anilines is 1. The van der Waals surface area contributed by atoms with E-state index in [0.29, 0.717) is 6.04 Å². The zero-order valence-electron chi connectivity index (χ0n) is 8.33. The van der Waals surface area contributed by atoms with E-state index in [0.717, 1.165) is 12.5 Å². The second-order valence-electron chi connectivity index (χ2n) is 4.00. The number of hydrogen-bond donors (Lipinski definition) is 1. The summed E-state index contributed by atoms with van der Waals surface area (Å²) in [5.74, 6) is 0.902. The fraction of sp³-hybridized carbons (Fsp3) is 0.700. The fourth-order valence-corrected chi connectivity index (χ4v) is 1.87. The largest absolute Gasteiger partial charge is 0.380 e. The summed E-state index contributed by atoms with van der Waals surface area (Å²) in [6.45, 7) is 5.35. The molecule has 1 fully saturated rings. The lowest BCUT2D eigenvalue weighted by molar-refractivity contribution is 0.309. The van der Waals surface area contributed by atoms with E-state index in [4.69, 9.17) is 0 Å². The van der Waals surface area contributed by atoms with Crippen LogP contribution in [0.2, 0.25) is 0 Å². The Bertz CT molecular complexity index is 273. The minimum Gasteiger partial charge on any atom is -0.380 e. The molecule has 0 amide bonds. The van der Waals surface area contributed by atoms with Gasteiger partial charge in [0.05, 0.1) is 11.9 Å². The summed E-state index contributed by atoms with van der Waals surface area (Å²) in [6.07, 6.45) is 6.59. The van der Waals surface area contributed by atoms with Crippen molar-refractivity contribution in [1.29, 1.82) is 0 Å². The normalized spacial score (nSPS) is 26.9. The van der Waals surface area contributed by atoms with Crippen LogP contribution in [-0.2, 0) is 6.54 Å². The molecule has 1 saturated carbocycles. The van der Waals surface area contributed by atoms with E-state index in [1.807, 2.05) is 10.9 Å². The van der Waals surface area contributed by atoms with Crippen molar-refractivity contribution in [2.75, 3.05) is 5.32 Å². The first-order chi connectivity index (χ1) is 6.28. The summed E-state index contributed by atoms with van der Waals surface area (Å²) in [6, 6.07) is 0.685. The van der Waals surface area contributed by atoms with Gasteiger partial charge in [-0.2, -0.15) is 5.10 Å². The smallest absolute Gasteiger partial charge is 0.0728 e. The molecule has 72 valence electrons. The van der Waals surface area contributed by atoms with Crippen molar-refractivity contribution < 1.29 is 0 Å². The van der Waals surface area contributed by atoms with Crippen LogP contribution >= 0.6 is 0 Å². The molecule has 1 aliphatic rings. The summed E-state index contributed by atoms with van der Waals surface area (Å²) in [7, 11) is 0. The number of nitrogens with zero attached hydrogens (tertiary/aromatic N) is 2. The lowest BCUT2D eigenvalue weighted by atomic mass is 9.82. The Balaban J connectivity index is 1.87. The lowest BCUT2D eigenvalue weighted by Crippen LogP contribution is -2.33. The Morgan fingerprint density at radius 1 is 1.62 bits per heavy atom. The molecule has 0 saturated heterocycles. The van der Waals surface area contributed by atoms with Gasteiger partial charge in [0.1, 0.15) is 0 Å². The quantitative estimate of drug-likeness (QED) is 0.770. The van der Waals surface area contributed by atoms with Crippen molar-refractivity contribution in [3.63, 3.8) is 0 Å². The van der Waals surface area contributed by atoms with Gasteiger partial charge in [-0.15, -0.1) is 0 Å². The molecule has 3 nitrogen and oxygen atoms in total. The SMILES string of the molecule is CCn1cc(NC2CC(C)C2)cn1. The molecule has 0 spiro atoms.